The van der Waals surface area contributed by atoms with Crippen LogP contribution in [0.4, 0.5) is 0 Å². The van der Waals surface area contributed by atoms with Crippen molar-refractivity contribution >= 4 is 35.0 Å². The van der Waals surface area contributed by atoms with Crippen LogP contribution in [0.5, 0.6) is 5.75 Å². The lowest BCUT2D eigenvalue weighted by Gasteiger charge is -2.26. The summed E-state index contributed by atoms with van der Waals surface area (Å²) in [5, 5.41) is 17.0. The van der Waals surface area contributed by atoms with E-state index in [9.17, 15) is 14.7 Å². The highest BCUT2D eigenvalue weighted by molar-refractivity contribution is 6.35. The average molecular weight is 478 g/mol. The molecule has 0 aromatic heterocycles. The van der Waals surface area contributed by atoms with Gasteiger partial charge in [0.1, 0.15) is 11.8 Å². The van der Waals surface area contributed by atoms with Gasteiger partial charge < -0.3 is 21.5 Å². The second-order valence-corrected chi connectivity index (χ2v) is 9.13. The molecule has 0 saturated carbocycles. The summed E-state index contributed by atoms with van der Waals surface area (Å²) in [4.78, 5) is 25.2. The van der Waals surface area contributed by atoms with Gasteiger partial charge in [-0.05, 0) is 48.4 Å². The Morgan fingerprint density at radius 1 is 1.19 bits per heavy atom. The number of carbonyl (C=O) groups excluding carboxylic acids is 2. The van der Waals surface area contributed by atoms with E-state index in [0.29, 0.717) is 22.0 Å². The first kappa shape index (κ1) is 24.4. The summed E-state index contributed by atoms with van der Waals surface area (Å²) in [6.45, 7) is 2.19. The highest BCUT2D eigenvalue weighted by Gasteiger charge is 2.34. The molecule has 0 spiro atoms. The van der Waals surface area contributed by atoms with Crippen molar-refractivity contribution in [1.29, 1.82) is 0 Å². The van der Waals surface area contributed by atoms with Crippen molar-refractivity contribution in [2.45, 2.75) is 57.7 Å². The van der Waals surface area contributed by atoms with Crippen LogP contribution < -0.4 is 16.4 Å². The van der Waals surface area contributed by atoms with E-state index < -0.39 is 18.0 Å². The fourth-order valence-corrected chi connectivity index (χ4v) is 4.78. The Hall–Kier alpha value is -2.28. The second kappa shape index (κ2) is 11.0. The number of hydrogen-bond donors (Lipinski definition) is 4. The molecule has 0 fully saturated rings. The summed E-state index contributed by atoms with van der Waals surface area (Å²) in [5.74, 6) is -0.881. The number of hydrogen-bond acceptors (Lipinski definition) is 4. The number of rotatable bonds is 10. The van der Waals surface area contributed by atoms with Crippen molar-refractivity contribution in [1.82, 2.24) is 10.6 Å². The van der Waals surface area contributed by atoms with Crippen molar-refractivity contribution in [2.75, 3.05) is 0 Å². The van der Waals surface area contributed by atoms with E-state index in [1.165, 1.54) is 17.2 Å². The first-order chi connectivity index (χ1) is 15.3. The van der Waals surface area contributed by atoms with E-state index >= 15 is 0 Å². The molecule has 0 radical (unpaired) electrons. The second-order valence-electron chi connectivity index (χ2n) is 8.29. The Morgan fingerprint density at radius 3 is 2.41 bits per heavy atom. The maximum atomic E-state index is 13.3. The summed E-state index contributed by atoms with van der Waals surface area (Å²) >= 11 is 12.2. The van der Waals surface area contributed by atoms with E-state index in [1.54, 1.807) is 6.07 Å². The first-order valence-electron chi connectivity index (χ1n) is 10.9. The Bertz CT molecular complexity index is 935. The van der Waals surface area contributed by atoms with E-state index in [2.05, 4.69) is 22.8 Å². The average Bonchev–Trinajstić information content (AvgIpc) is 3.16. The normalized spacial score (nSPS) is 15.2. The molecule has 5 N–H and O–H groups in total. The molecule has 3 rings (SSSR count). The van der Waals surface area contributed by atoms with E-state index in [0.717, 1.165) is 25.7 Å². The van der Waals surface area contributed by atoms with Gasteiger partial charge in [-0.1, -0.05) is 67.2 Å². The number of phenols is 1. The Balaban J connectivity index is 1.80. The first-order valence-corrected chi connectivity index (χ1v) is 11.6. The molecular weight excluding hydrogens is 449 g/mol. The number of fused-ring (bicyclic) bond motifs is 1. The lowest BCUT2D eigenvalue weighted by Crippen LogP contribution is -2.54. The topological polar surface area (TPSA) is 104 Å². The van der Waals surface area contributed by atoms with Gasteiger partial charge in [-0.2, -0.15) is 0 Å². The number of nitrogens with two attached hydrogens (primary N) is 1. The number of phenolic OH excluding ortho intramolecular Hbond substituents is 1. The Kier molecular flexibility index (Phi) is 8.40. The monoisotopic (exact) mass is 477 g/mol. The molecule has 6 nitrogen and oxygen atoms in total. The standard InChI is InChI=1S/C24H29Cl2N3O3/c1-2-3-8-20(23(27)31)29-24(32)22(16-9-14-6-4-5-7-15(14)10-16)28-13-18-19(26)11-17(25)12-21(18)30/h4-7,11-12,16,20,22,28,30H,2-3,8-10,13H2,1H3,(H2,27,31)(H,29,32)/t20-,22-/m1/s1. The van der Waals surface area contributed by atoms with Gasteiger partial charge in [0.15, 0.2) is 0 Å². The SMILES string of the molecule is CCCC[C@@H](NC(=O)[C@H](NCc1c(O)cc(Cl)cc1Cl)C1Cc2ccccc2C1)C(N)=O. The van der Waals surface area contributed by atoms with Crippen LogP contribution in [0, 0.1) is 5.92 Å². The smallest absolute Gasteiger partial charge is 0.240 e. The molecule has 2 atom stereocenters. The minimum absolute atomic E-state index is 0.0136. The predicted octanol–water partition coefficient (Wildman–Crippen LogP) is 3.73. The molecule has 0 aliphatic heterocycles. The number of nitrogens with one attached hydrogen (secondary N) is 2. The minimum Gasteiger partial charge on any atom is -0.508 e. The zero-order chi connectivity index (χ0) is 23.3. The third-order valence-corrected chi connectivity index (χ3v) is 6.53. The van der Waals surface area contributed by atoms with Crippen LogP contribution in [0.25, 0.3) is 0 Å². The molecule has 1 aliphatic rings. The molecule has 0 saturated heterocycles. The van der Waals surface area contributed by atoms with Gasteiger partial charge in [-0.15, -0.1) is 0 Å². The molecule has 0 bridgehead atoms. The lowest BCUT2D eigenvalue weighted by atomic mass is 9.94. The number of amides is 2. The summed E-state index contributed by atoms with van der Waals surface area (Å²) in [6.07, 6.45) is 3.65. The lowest BCUT2D eigenvalue weighted by molar-refractivity contribution is -0.129. The largest absolute Gasteiger partial charge is 0.508 e. The number of primary amides is 1. The van der Waals surface area contributed by atoms with Gasteiger partial charge in [0.05, 0.1) is 11.1 Å². The number of unbranched alkanes of at least 4 members (excludes halogenated alkanes) is 1. The Labute approximate surface area is 198 Å². The predicted molar refractivity (Wildman–Crippen MR) is 127 cm³/mol. The third-order valence-electron chi connectivity index (χ3n) is 5.98. The van der Waals surface area contributed by atoms with Gasteiger partial charge in [0, 0.05) is 17.1 Å². The molecular formula is C24H29Cl2N3O3. The molecule has 1 aliphatic carbocycles. The quantitative estimate of drug-likeness (QED) is 0.418. The van der Waals surface area contributed by atoms with Gasteiger partial charge in [-0.3, -0.25) is 9.59 Å². The van der Waals surface area contributed by atoms with Crippen molar-refractivity contribution in [3.63, 3.8) is 0 Å². The van der Waals surface area contributed by atoms with Crippen LogP contribution in [-0.4, -0.2) is 29.0 Å². The van der Waals surface area contributed by atoms with Crippen LogP contribution in [0.15, 0.2) is 36.4 Å². The van der Waals surface area contributed by atoms with Gasteiger partial charge >= 0.3 is 0 Å². The zero-order valence-corrected chi connectivity index (χ0v) is 19.5. The van der Waals surface area contributed by atoms with Crippen LogP contribution in [0.1, 0.15) is 42.9 Å². The fraction of sp³-hybridized carbons (Fsp3) is 0.417. The van der Waals surface area contributed by atoms with Crippen LogP contribution in [-0.2, 0) is 29.0 Å². The number of aromatic hydroxyl groups is 1. The highest BCUT2D eigenvalue weighted by Crippen LogP contribution is 2.32. The van der Waals surface area contributed by atoms with Crippen molar-refractivity contribution in [3.05, 3.63) is 63.1 Å². The third kappa shape index (κ3) is 5.94. The maximum Gasteiger partial charge on any atom is 0.240 e. The molecule has 2 aromatic rings. The van der Waals surface area contributed by atoms with E-state index in [1.807, 2.05) is 19.1 Å². The number of halogens is 2. The molecule has 2 amide bonds. The summed E-state index contributed by atoms with van der Waals surface area (Å²) in [6, 6.07) is 9.76. The van der Waals surface area contributed by atoms with Crippen molar-refractivity contribution in [3.8, 4) is 5.75 Å². The molecule has 2 aromatic carbocycles. The van der Waals surface area contributed by atoms with Crippen LogP contribution >= 0.6 is 23.2 Å². The fourth-order valence-electron chi connectivity index (χ4n) is 4.23. The number of carbonyl (C=O) groups is 2. The van der Waals surface area contributed by atoms with Crippen LogP contribution in [0.3, 0.4) is 0 Å². The molecule has 32 heavy (non-hydrogen) atoms. The van der Waals surface area contributed by atoms with Crippen LogP contribution in [0.2, 0.25) is 10.0 Å². The van der Waals surface area contributed by atoms with Gasteiger partial charge in [-0.25, -0.2) is 0 Å². The van der Waals surface area contributed by atoms with E-state index in [-0.39, 0.29) is 24.1 Å². The Morgan fingerprint density at radius 2 is 1.84 bits per heavy atom. The van der Waals surface area contributed by atoms with Gasteiger partial charge in [0.25, 0.3) is 0 Å². The molecule has 0 heterocycles. The minimum atomic E-state index is -0.719. The molecule has 172 valence electrons. The van der Waals surface area contributed by atoms with Crippen molar-refractivity contribution in [2.24, 2.45) is 11.7 Å². The summed E-state index contributed by atoms with van der Waals surface area (Å²) in [5.41, 5.74) is 8.41. The zero-order valence-electron chi connectivity index (χ0n) is 18.0. The highest BCUT2D eigenvalue weighted by atomic mass is 35.5. The summed E-state index contributed by atoms with van der Waals surface area (Å²) in [7, 11) is 0. The summed E-state index contributed by atoms with van der Waals surface area (Å²) < 4.78 is 0. The van der Waals surface area contributed by atoms with Gasteiger partial charge in [0.2, 0.25) is 11.8 Å². The maximum absolute atomic E-state index is 13.3. The van der Waals surface area contributed by atoms with Crippen molar-refractivity contribution < 1.29 is 14.7 Å². The molecule has 8 heteroatoms. The number of benzene rings is 2. The van der Waals surface area contributed by atoms with E-state index in [4.69, 9.17) is 28.9 Å². The molecule has 0 unspecified atom stereocenters.